The molecule has 1 saturated heterocycles. The summed E-state index contributed by atoms with van der Waals surface area (Å²) in [5.74, 6) is 0.153. The molecule has 2 atom stereocenters. The van der Waals surface area contributed by atoms with Gasteiger partial charge in [0.15, 0.2) is 0 Å². The van der Waals surface area contributed by atoms with E-state index in [9.17, 15) is 8.42 Å². The van der Waals surface area contributed by atoms with Crippen LogP contribution in [0.25, 0.3) is 0 Å². The second-order valence-corrected chi connectivity index (χ2v) is 9.70. The minimum Gasteiger partial charge on any atom is -0.289 e. The summed E-state index contributed by atoms with van der Waals surface area (Å²) in [5, 5.41) is 15.2. The number of rotatable bonds is 8. The van der Waals surface area contributed by atoms with Crippen molar-refractivity contribution in [3.05, 3.63) is 34.9 Å². The number of nitrogens with zero attached hydrogens (tertiary/aromatic N) is 3. The van der Waals surface area contributed by atoms with E-state index in [-0.39, 0.29) is 5.84 Å². The highest BCUT2D eigenvalue weighted by atomic mass is 35.5. The molecule has 1 aliphatic rings. The summed E-state index contributed by atoms with van der Waals surface area (Å²) in [4.78, 5) is 2.15. The molecule has 162 valence electrons. The summed E-state index contributed by atoms with van der Waals surface area (Å²) in [6, 6.07) is 7.30. The molecule has 0 bridgehead atoms. The molecule has 0 aliphatic carbocycles. The van der Waals surface area contributed by atoms with Gasteiger partial charge in [0, 0.05) is 11.7 Å². The number of hydrogen-bond acceptors (Lipinski definition) is 6. The Morgan fingerprint density at radius 1 is 1.31 bits per heavy atom. The predicted molar refractivity (Wildman–Crippen MR) is 118 cm³/mol. The topological polar surface area (TPSA) is 86.1 Å². The third-order valence-corrected chi connectivity index (χ3v) is 6.42. The van der Waals surface area contributed by atoms with Crippen LogP contribution in [0.5, 0.6) is 0 Å². The highest BCUT2D eigenvalue weighted by Crippen LogP contribution is 2.30. The fourth-order valence-electron chi connectivity index (χ4n) is 3.71. The molecule has 9 heteroatoms. The second-order valence-electron chi connectivity index (χ2n) is 7.67. The molecule has 1 heterocycles. The van der Waals surface area contributed by atoms with Gasteiger partial charge in [0.2, 0.25) is 0 Å². The van der Waals surface area contributed by atoms with Crippen LogP contribution in [0, 0.1) is 5.41 Å². The Morgan fingerprint density at radius 2 is 1.86 bits per heavy atom. The van der Waals surface area contributed by atoms with Gasteiger partial charge in [0.25, 0.3) is 10.1 Å². The number of nitrogens with one attached hydrogen (secondary N) is 1. The summed E-state index contributed by atoms with van der Waals surface area (Å²) >= 11 is 5.97. The fourth-order valence-corrected chi connectivity index (χ4v) is 4.55. The molecule has 29 heavy (non-hydrogen) atoms. The van der Waals surface area contributed by atoms with Crippen LogP contribution < -0.4 is 0 Å². The average molecular weight is 443 g/mol. The summed E-state index contributed by atoms with van der Waals surface area (Å²) in [6.07, 6.45) is 4.50. The van der Waals surface area contributed by atoms with E-state index in [1.165, 1.54) is 5.01 Å². The van der Waals surface area contributed by atoms with Crippen molar-refractivity contribution >= 4 is 34.3 Å². The first-order chi connectivity index (χ1) is 13.6. The first kappa shape index (κ1) is 23.8. The molecular weight excluding hydrogens is 412 g/mol. The zero-order chi connectivity index (χ0) is 21.7. The number of hydrazone groups is 1. The SMILES string of the molecule is C=NN(Cc1ccc(Cl)cc1)C(=N)[C@@](C)(C(C)OS(C)(=O)=O)N1CCCCCC1. The lowest BCUT2D eigenvalue weighted by Gasteiger charge is -2.46. The van der Waals surface area contributed by atoms with Crippen molar-refractivity contribution in [3.63, 3.8) is 0 Å². The lowest BCUT2D eigenvalue weighted by molar-refractivity contribution is 0.0454. The van der Waals surface area contributed by atoms with Gasteiger partial charge < -0.3 is 0 Å². The van der Waals surface area contributed by atoms with E-state index >= 15 is 0 Å². The summed E-state index contributed by atoms with van der Waals surface area (Å²) < 4.78 is 29.1. The van der Waals surface area contributed by atoms with Gasteiger partial charge in [-0.25, -0.2) is 5.01 Å². The first-order valence-corrected chi connectivity index (χ1v) is 12.0. The standard InChI is InChI=1S/C20H31ClN4O3S/c1-16(28-29(4,26)27)20(2,24-13-7-5-6-8-14-24)19(22)25(23-3)15-17-9-11-18(21)12-10-17/h9-12,16,22H,3,5-8,13-15H2,1-2,4H3/t16?,20-/m1/s1. The molecule has 1 aromatic carbocycles. The molecular formula is C20H31ClN4O3S. The van der Waals surface area contributed by atoms with E-state index in [4.69, 9.17) is 21.2 Å². The molecule has 0 aromatic heterocycles. The third kappa shape index (κ3) is 6.25. The predicted octanol–water partition coefficient (Wildman–Crippen LogP) is 3.73. The summed E-state index contributed by atoms with van der Waals surface area (Å²) in [5.41, 5.74) is -0.0671. The van der Waals surface area contributed by atoms with Crippen LogP contribution in [0.3, 0.4) is 0 Å². The Morgan fingerprint density at radius 3 is 2.34 bits per heavy atom. The first-order valence-electron chi connectivity index (χ1n) is 9.79. The van der Waals surface area contributed by atoms with E-state index in [1.54, 1.807) is 19.1 Å². The molecule has 2 rings (SSSR count). The number of likely N-dealkylation sites (tertiary alicyclic amines) is 1. The van der Waals surface area contributed by atoms with Gasteiger partial charge in [-0.2, -0.15) is 13.5 Å². The Labute approximate surface area is 179 Å². The van der Waals surface area contributed by atoms with Crippen LogP contribution in [0.4, 0.5) is 0 Å². The van der Waals surface area contributed by atoms with Crippen molar-refractivity contribution < 1.29 is 12.6 Å². The largest absolute Gasteiger partial charge is 0.289 e. The van der Waals surface area contributed by atoms with Crippen LogP contribution in [0.1, 0.15) is 45.1 Å². The molecule has 0 saturated carbocycles. The molecule has 0 spiro atoms. The second kappa shape index (κ2) is 10.0. The van der Waals surface area contributed by atoms with Crippen molar-refractivity contribution in [2.24, 2.45) is 5.10 Å². The Kier molecular flexibility index (Phi) is 8.22. The van der Waals surface area contributed by atoms with Gasteiger partial charge in [-0.15, -0.1) is 0 Å². The summed E-state index contributed by atoms with van der Waals surface area (Å²) in [6.45, 7) is 9.05. The Hall–Kier alpha value is -1.48. The van der Waals surface area contributed by atoms with E-state index in [0.717, 1.165) is 50.6 Å². The highest BCUT2D eigenvalue weighted by Gasteiger charge is 2.46. The van der Waals surface area contributed by atoms with Gasteiger partial charge >= 0.3 is 0 Å². The zero-order valence-corrected chi connectivity index (χ0v) is 19.0. The molecule has 0 amide bonds. The lowest BCUT2D eigenvalue weighted by atomic mass is 9.90. The van der Waals surface area contributed by atoms with E-state index in [0.29, 0.717) is 11.6 Å². The normalized spacial score (nSPS) is 19.0. The van der Waals surface area contributed by atoms with Crippen LogP contribution >= 0.6 is 11.6 Å². The van der Waals surface area contributed by atoms with Gasteiger partial charge in [0.05, 0.1) is 18.9 Å². The van der Waals surface area contributed by atoms with Crippen molar-refractivity contribution in [1.82, 2.24) is 9.91 Å². The Bertz CT molecular complexity index is 808. The van der Waals surface area contributed by atoms with Crippen molar-refractivity contribution in [2.45, 2.75) is 57.7 Å². The molecule has 1 aromatic rings. The molecule has 7 nitrogen and oxygen atoms in total. The van der Waals surface area contributed by atoms with Crippen LogP contribution in [0.2, 0.25) is 5.02 Å². The van der Waals surface area contributed by atoms with Gasteiger partial charge in [-0.1, -0.05) is 36.6 Å². The van der Waals surface area contributed by atoms with E-state index in [2.05, 4.69) is 16.7 Å². The minimum atomic E-state index is -3.69. The number of amidine groups is 1. The monoisotopic (exact) mass is 442 g/mol. The van der Waals surface area contributed by atoms with Crippen LogP contribution in [-0.4, -0.2) is 61.9 Å². The third-order valence-electron chi connectivity index (χ3n) is 5.53. The molecule has 1 N–H and O–H groups in total. The van der Waals surface area contributed by atoms with Crippen molar-refractivity contribution in [2.75, 3.05) is 19.3 Å². The summed E-state index contributed by atoms with van der Waals surface area (Å²) in [7, 11) is -3.69. The number of halogens is 1. The molecule has 1 fully saturated rings. The zero-order valence-electron chi connectivity index (χ0n) is 17.4. The van der Waals surface area contributed by atoms with Crippen LogP contribution in [-0.2, 0) is 20.8 Å². The van der Waals surface area contributed by atoms with Gasteiger partial charge in [0.1, 0.15) is 11.4 Å². The van der Waals surface area contributed by atoms with Crippen molar-refractivity contribution in [3.8, 4) is 0 Å². The van der Waals surface area contributed by atoms with Crippen LogP contribution in [0.15, 0.2) is 29.4 Å². The van der Waals surface area contributed by atoms with Crippen molar-refractivity contribution in [1.29, 1.82) is 5.41 Å². The van der Waals surface area contributed by atoms with E-state index < -0.39 is 21.8 Å². The smallest absolute Gasteiger partial charge is 0.264 e. The van der Waals surface area contributed by atoms with Gasteiger partial charge in [-0.05, 0) is 57.5 Å². The average Bonchev–Trinajstić information content (AvgIpc) is 2.94. The maximum atomic E-state index is 11.9. The maximum absolute atomic E-state index is 11.9. The van der Waals surface area contributed by atoms with E-state index in [1.807, 2.05) is 19.1 Å². The highest BCUT2D eigenvalue weighted by molar-refractivity contribution is 7.86. The quantitative estimate of drug-likeness (QED) is 0.287. The number of benzene rings is 1. The number of hydrogen-bond donors (Lipinski definition) is 1. The van der Waals surface area contributed by atoms with Gasteiger partial charge in [-0.3, -0.25) is 14.5 Å². The minimum absolute atomic E-state index is 0.153. The maximum Gasteiger partial charge on any atom is 0.264 e. The molecule has 1 aliphatic heterocycles. The Balaban J connectivity index is 2.36. The molecule has 0 radical (unpaired) electrons. The lowest BCUT2D eigenvalue weighted by Crippen LogP contribution is -2.63. The fraction of sp³-hybridized carbons (Fsp3) is 0.600. The molecule has 1 unspecified atom stereocenters.